The van der Waals surface area contributed by atoms with Crippen LogP contribution in [0.5, 0.6) is 0 Å². The van der Waals surface area contributed by atoms with Crippen LogP contribution in [0.25, 0.3) is 5.69 Å². The highest BCUT2D eigenvalue weighted by molar-refractivity contribution is 7.99. The zero-order chi connectivity index (χ0) is 21.1. The molecular formula is C19H22N6O2S2. The summed E-state index contributed by atoms with van der Waals surface area (Å²) in [7, 11) is 3.37. The second kappa shape index (κ2) is 8.75. The van der Waals surface area contributed by atoms with Gasteiger partial charge in [0.2, 0.25) is 5.91 Å². The van der Waals surface area contributed by atoms with E-state index < -0.39 is 0 Å². The van der Waals surface area contributed by atoms with Crippen molar-refractivity contribution in [3.05, 3.63) is 46.2 Å². The smallest absolute Gasteiger partial charge is 0.265 e. The summed E-state index contributed by atoms with van der Waals surface area (Å²) in [6, 6.07) is 8.04. The third-order valence-corrected chi connectivity index (χ3v) is 6.05. The van der Waals surface area contributed by atoms with Crippen LogP contribution in [0.2, 0.25) is 0 Å². The minimum atomic E-state index is -0.219. The van der Waals surface area contributed by atoms with E-state index in [-0.39, 0.29) is 17.6 Å². The van der Waals surface area contributed by atoms with Crippen molar-refractivity contribution in [2.75, 3.05) is 25.2 Å². The van der Waals surface area contributed by atoms with Gasteiger partial charge in [0.05, 0.1) is 11.4 Å². The summed E-state index contributed by atoms with van der Waals surface area (Å²) in [6.07, 6.45) is 0. The van der Waals surface area contributed by atoms with Crippen LogP contribution >= 0.6 is 23.1 Å². The Bertz CT molecular complexity index is 1040. The number of anilines is 1. The normalized spacial score (nSPS) is 10.8. The molecule has 2 amide bonds. The summed E-state index contributed by atoms with van der Waals surface area (Å²) in [5.41, 5.74) is 2.72. The predicted molar refractivity (Wildman–Crippen MR) is 115 cm³/mol. The molecule has 0 aliphatic rings. The molecular weight excluding hydrogens is 408 g/mol. The number of nitrogens with one attached hydrogen (secondary N) is 1. The van der Waals surface area contributed by atoms with Gasteiger partial charge in [-0.3, -0.25) is 14.2 Å². The van der Waals surface area contributed by atoms with Gasteiger partial charge in [0.1, 0.15) is 10.7 Å². The number of thiazole rings is 1. The van der Waals surface area contributed by atoms with Crippen LogP contribution in [-0.2, 0) is 4.79 Å². The van der Waals surface area contributed by atoms with Gasteiger partial charge in [-0.05, 0) is 32.9 Å². The number of rotatable bonds is 6. The fourth-order valence-electron chi connectivity index (χ4n) is 2.56. The second-order valence-electron chi connectivity index (χ2n) is 6.67. The van der Waals surface area contributed by atoms with E-state index >= 15 is 0 Å². The molecule has 1 N–H and O–H groups in total. The first-order chi connectivity index (χ1) is 13.8. The van der Waals surface area contributed by atoms with Gasteiger partial charge in [-0.15, -0.1) is 10.2 Å². The highest BCUT2D eigenvalue weighted by Gasteiger charge is 2.19. The summed E-state index contributed by atoms with van der Waals surface area (Å²) in [6.45, 7) is 5.66. The van der Waals surface area contributed by atoms with Crippen molar-refractivity contribution in [1.29, 1.82) is 0 Å². The van der Waals surface area contributed by atoms with E-state index in [1.165, 1.54) is 33.6 Å². The van der Waals surface area contributed by atoms with Crippen LogP contribution < -0.4 is 5.32 Å². The molecule has 0 saturated carbocycles. The molecule has 10 heteroatoms. The summed E-state index contributed by atoms with van der Waals surface area (Å²) in [4.78, 5) is 30.8. The molecule has 152 valence electrons. The summed E-state index contributed by atoms with van der Waals surface area (Å²) < 4.78 is 1.92. The Kier molecular flexibility index (Phi) is 6.33. The summed E-state index contributed by atoms with van der Waals surface area (Å²) in [5.74, 6) is 0.555. The van der Waals surface area contributed by atoms with Gasteiger partial charge in [0, 0.05) is 19.8 Å². The van der Waals surface area contributed by atoms with Gasteiger partial charge in [-0.25, -0.2) is 4.98 Å². The van der Waals surface area contributed by atoms with E-state index in [0.717, 1.165) is 11.5 Å². The molecule has 0 fully saturated rings. The average Bonchev–Trinajstić information content (AvgIpc) is 3.22. The number of nitrogens with zero attached hydrogens (tertiary/aromatic N) is 5. The SMILES string of the molecule is Cc1ccc(-n2c(C)nnc2SCC(=O)Nc2nc(C)c(C(=O)N(C)C)s2)cc1. The van der Waals surface area contributed by atoms with E-state index in [0.29, 0.717) is 20.9 Å². The van der Waals surface area contributed by atoms with Gasteiger partial charge in [-0.1, -0.05) is 40.8 Å². The van der Waals surface area contributed by atoms with Gasteiger partial charge in [0.25, 0.3) is 5.91 Å². The maximum Gasteiger partial charge on any atom is 0.265 e. The van der Waals surface area contributed by atoms with Gasteiger partial charge in [0.15, 0.2) is 10.3 Å². The number of carbonyl (C=O) groups is 2. The third-order valence-electron chi connectivity index (χ3n) is 4.06. The molecule has 8 nitrogen and oxygen atoms in total. The monoisotopic (exact) mass is 430 g/mol. The van der Waals surface area contributed by atoms with Crippen molar-refractivity contribution in [2.24, 2.45) is 0 Å². The lowest BCUT2D eigenvalue weighted by Crippen LogP contribution is -2.21. The van der Waals surface area contributed by atoms with Gasteiger partial charge in [-0.2, -0.15) is 0 Å². The Hall–Kier alpha value is -2.72. The molecule has 0 spiro atoms. The fourth-order valence-corrected chi connectivity index (χ4v) is 4.37. The van der Waals surface area contributed by atoms with Crippen molar-refractivity contribution in [1.82, 2.24) is 24.6 Å². The average molecular weight is 431 g/mol. The number of amides is 2. The summed E-state index contributed by atoms with van der Waals surface area (Å²) in [5, 5.41) is 12.1. The molecule has 0 bridgehead atoms. The number of thioether (sulfide) groups is 1. The second-order valence-corrected chi connectivity index (χ2v) is 8.61. The van der Waals surface area contributed by atoms with Gasteiger partial charge >= 0.3 is 0 Å². The van der Waals surface area contributed by atoms with E-state index in [1.54, 1.807) is 21.0 Å². The maximum atomic E-state index is 12.4. The number of benzene rings is 1. The summed E-state index contributed by atoms with van der Waals surface area (Å²) >= 11 is 2.47. The first-order valence-electron chi connectivity index (χ1n) is 8.87. The highest BCUT2D eigenvalue weighted by Crippen LogP contribution is 2.25. The molecule has 2 aromatic heterocycles. The first kappa shape index (κ1) is 21.0. The first-order valence-corrected chi connectivity index (χ1v) is 10.7. The van der Waals surface area contributed by atoms with Crippen LogP contribution in [0, 0.1) is 20.8 Å². The van der Waals surface area contributed by atoms with Crippen LogP contribution in [0.1, 0.15) is 26.8 Å². The topological polar surface area (TPSA) is 93.0 Å². The molecule has 29 heavy (non-hydrogen) atoms. The van der Waals surface area contributed by atoms with Crippen LogP contribution in [0.4, 0.5) is 5.13 Å². The van der Waals surface area contributed by atoms with Crippen LogP contribution in [0.15, 0.2) is 29.4 Å². The van der Waals surface area contributed by atoms with Crippen molar-refractivity contribution in [3.8, 4) is 5.69 Å². The lowest BCUT2D eigenvalue weighted by atomic mass is 10.2. The largest absolute Gasteiger partial charge is 0.344 e. The molecule has 1 aromatic carbocycles. The predicted octanol–water partition coefficient (Wildman–Crippen LogP) is 3.08. The lowest BCUT2D eigenvalue weighted by Gasteiger charge is -2.08. The highest BCUT2D eigenvalue weighted by atomic mass is 32.2. The van der Waals surface area contributed by atoms with Gasteiger partial charge < -0.3 is 10.2 Å². The number of aromatic nitrogens is 4. The minimum Gasteiger partial charge on any atom is -0.344 e. The molecule has 2 heterocycles. The number of hydrogen-bond donors (Lipinski definition) is 1. The van der Waals surface area contributed by atoms with E-state index in [9.17, 15) is 9.59 Å². The Morgan fingerprint density at radius 2 is 1.83 bits per heavy atom. The van der Waals surface area contributed by atoms with E-state index in [4.69, 9.17) is 0 Å². The zero-order valence-corrected chi connectivity index (χ0v) is 18.5. The molecule has 3 aromatic rings. The van der Waals surface area contributed by atoms with E-state index in [2.05, 4.69) is 20.5 Å². The maximum absolute atomic E-state index is 12.4. The molecule has 0 radical (unpaired) electrons. The van der Waals surface area contributed by atoms with Crippen molar-refractivity contribution >= 4 is 40.0 Å². The fraction of sp³-hybridized carbons (Fsp3) is 0.316. The van der Waals surface area contributed by atoms with Crippen LogP contribution in [-0.4, -0.2) is 56.3 Å². The molecule has 0 atom stereocenters. The number of hydrogen-bond acceptors (Lipinski definition) is 7. The third kappa shape index (κ3) is 4.83. The molecule has 0 saturated heterocycles. The molecule has 3 rings (SSSR count). The molecule has 0 unspecified atom stereocenters. The van der Waals surface area contributed by atoms with E-state index in [1.807, 2.05) is 42.7 Å². The number of carbonyl (C=O) groups excluding carboxylic acids is 2. The lowest BCUT2D eigenvalue weighted by molar-refractivity contribution is -0.113. The number of aryl methyl sites for hydroxylation is 3. The molecule has 0 aliphatic carbocycles. The quantitative estimate of drug-likeness (QED) is 0.604. The molecule has 0 aliphatic heterocycles. The Labute approximate surface area is 177 Å². The van der Waals surface area contributed by atoms with Crippen molar-refractivity contribution < 1.29 is 9.59 Å². The van der Waals surface area contributed by atoms with Crippen molar-refractivity contribution in [3.63, 3.8) is 0 Å². The standard InChI is InChI=1S/C19H22N6O2S2/c1-11-6-8-14(9-7-11)25-13(3)22-23-19(25)28-10-15(26)21-18-20-12(2)16(29-18)17(27)24(4)5/h6-9H,10H2,1-5H3,(H,20,21,26). The van der Waals surface area contributed by atoms with Crippen molar-refractivity contribution in [2.45, 2.75) is 25.9 Å². The Balaban J connectivity index is 1.67. The van der Waals surface area contributed by atoms with Crippen LogP contribution in [0.3, 0.4) is 0 Å². The Morgan fingerprint density at radius 3 is 2.48 bits per heavy atom. The minimum absolute atomic E-state index is 0.128. The zero-order valence-electron chi connectivity index (χ0n) is 16.9. The Morgan fingerprint density at radius 1 is 1.14 bits per heavy atom.